The lowest BCUT2D eigenvalue weighted by Gasteiger charge is -2.32. The SMILES string of the molecule is CC(CC(=O)NC1CCN(CC(N)=O)CC1)C1CCCCC1. The summed E-state index contributed by atoms with van der Waals surface area (Å²) in [7, 11) is 0. The standard InChI is InChI=1S/C17H31N3O2/c1-13(14-5-3-2-4-6-14)11-17(22)19-15-7-9-20(10-8-15)12-16(18)21/h13-15H,2-12H2,1H3,(H2,18,21)(H,19,22). The number of carbonyl (C=O) groups is 2. The third-order valence-corrected chi connectivity index (χ3v) is 5.29. The minimum atomic E-state index is -0.274. The third-order valence-electron chi connectivity index (χ3n) is 5.29. The summed E-state index contributed by atoms with van der Waals surface area (Å²) in [5, 5.41) is 3.18. The molecule has 1 aliphatic carbocycles. The van der Waals surface area contributed by atoms with Gasteiger partial charge in [0.15, 0.2) is 0 Å². The maximum Gasteiger partial charge on any atom is 0.231 e. The fourth-order valence-electron chi connectivity index (χ4n) is 3.90. The molecule has 0 spiro atoms. The van der Waals surface area contributed by atoms with Crippen LogP contribution in [0.15, 0.2) is 0 Å². The van der Waals surface area contributed by atoms with Gasteiger partial charge in [-0.15, -0.1) is 0 Å². The summed E-state index contributed by atoms with van der Waals surface area (Å²) in [4.78, 5) is 25.2. The first-order valence-corrected chi connectivity index (χ1v) is 8.84. The first-order valence-electron chi connectivity index (χ1n) is 8.84. The number of hydrogen-bond acceptors (Lipinski definition) is 3. The average molecular weight is 309 g/mol. The molecule has 0 aromatic rings. The summed E-state index contributed by atoms with van der Waals surface area (Å²) >= 11 is 0. The number of nitrogens with two attached hydrogens (primary N) is 1. The van der Waals surface area contributed by atoms with Gasteiger partial charge in [0, 0.05) is 25.6 Å². The van der Waals surface area contributed by atoms with E-state index in [-0.39, 0.29) is 17.9 Å². The molecule has 2 rings (SSSR count). The topological polar surface area (TPSA) is 75.4 Å². The van der Waals surface area contributed by atoms with Gasteiger partial charge in [-0.25, -0.2) is 0 Å². The highest BCUT2D eigenvalue weighted by molar-refractivity contribution is 5.76. The molecular formula is C17H31N3O2. The summed E-state index contributed by atoms with van der Waals surface area (Å²) in [6, 6.07) is 0.259. The van der Waals surface area contributed by atoms with Crippen LogP contribution in [0.4, 0.5) is 0 Å². The van der Waals surface area contributed by atoms with E-state index < -0.39 is 0 Å². The molecule has 5 heteroatoms. The number of primary amides is 1. The third kappa shape index (κ3) is 5.59. The van der Waals surface area contributed by atoms with Crippen LogP contribution in [0.3, 0.4) is 0 Å². The lowest BCUT2D eigenvalue weighted by molar-refractivity contribution is -0.124. The predicted octanol–water partition coefficient (Wildman–Crippen LogP) is 1.66. The van der Waals surface area contributed by atoms with Crippen LogP contribution in [0.1, 0.15) is 58.3 Å². The van der Waals surface area contributed by atoms with Crippen LogP contribution < -0.4 is 11.1 Å². The summed E-state index contributed by atoms with van der Waals surface area (Å²) in [6.45, 7) is 4.24. The van der Waals surface area contributed by atoms with Crippen LogP contribution in [0.2, 0.25) is 0 Å². The van der Waals surface area contributed by atoms with Crippen LogP contribution in [0, 0.1) is 11.8 Å². The monoisotopic (exact) mass is 309 g/mol. The van der Waals surface area contributed by atoms with Crippen LogP contribution >= 0.6 is 0 Å². The summed E-state index contributed by atoms with van der Waals surface area (Å²) in [5.41, 5.74) is 5.21. The lowest BCUT2D eigenvalue weighted by Crippen LogP contribution is -2.47. The normalized spacial score (nSPS) is 23.1. The Kier molecular flexibility index (Phi) is 6.68. The number of likely N-dealkylation sites (tertiary alicyclic amines) is 1. The van der Waals surface area contributed by atoms with Crippen molar-refractivity contribution in [3.63, 3.8) is 0 Å². The Balaban J connectivity index is 1.66. The molecule has 0 aromatic carbocycles. The molecule has 1 heterocycles. The first kappa shape index (κ1) is 17.3. The van der Waals surface area contributed by atoms with Gasteiger partial charge in [-0.2, -0.15) is 0 Å². The zero-order valence-electron chi connectivity index (χ0n) is 13.9. The van der Waals surface area contributed by atoms with E-state index in [0.29, 0.717) is 18.9 Å². The zero-order valence-corrected chi connectivity index (χ0v) is 13.9. The van der Waals surface area contributed by atoms with Crippen molar-refractivity contribution in [3.05, 3.63) is 0 Å². The number of hydrogen-bond donors (Lipinski definition) is 2. The molecule has 0 radical (unpaired) electrons. The summed E-state index contributed by atoms with van der Waals surface area (Å²) < 4.78 is 0. The molecule has 1 saturated heterocycles. The van der Waals surface area contributed by atoms with Crippen molar-refractivity contribution in [2.75, 3.05) is 19.6 Å². The second-order valence-corrected chi connectivity index (χ2v) is 7.16. The largest absolute Gasteiger partial charge is 0.369 e. The molecule has 1 aliphatic heterocycles. The molecule has 22 heavy (non-hydrogen) atoms. The van der Waals surface area contributed by atoms with Crippen LogP contribution in [-0.2, 0) is 9.59 Å². The highest BCUT2D eigenvalue weighted by atomic mass is 16.2. The molecular weight excluding hydrogens is 278 g/mol. The Labute approximate surface area is 134 Å². The second-order valence-electron chi connectivity index (χ2n) is 7.16. The van der Waals surface area contributed by atoms with Gasteiger partial charge < -0.3 is 11.1 Å². The Morgan fingerprint density at radius 1 is 1.14 bits per heavy atom. The van der Waals surface area contributed by atoms with Crippen molar-refractivity contribution in [2.24, 2.45) is 17.6 Å². The van der Waals surface area contributed by atoms with E-state index in [0.717, 1.165) is 31.8 Å². The van der Waals surface area contributed by atoms with E-state index in [1.807, 2.05) is 0 Å². The lowest BCUT2D eigenvalue weighted by atomic mass is 9.79. The maximum absolute atomic E-state index is 12.2. The van der Waals surface area contributed by atoms with Gasteiger partial charge in [0.25, 0.3) is 0 Å². The molecule has 1 unspecified atom stereocenters. The first-order chi connectivity index (χ1) is 10.5. The maximum atomic E-state index is 12.2. The fraction of sp³-hybridized carbons (Fsp3) is 0.882. The van der Waals surface area contributed by atoms with Crippen LogP contribution in [0.25, 0.3) is 0 Å². The highest BCUT2D eigenvalue weighted by Crippen LogP contribution is 2.31. The molecule has 126 valence electrons. The molecule has 3 N–H and O–H groups in total. The van der Waals surface area contributed by atoms with E-state index >= 15 is 0 Å². The molecule has 0 bridgehead atoms. The molecule has 1 saturated carbocycles. The molecule has 2 aliphatic rings. The Hall–Kier alpha value is -1.10. The predicted molar refractivity (Wildman–Crippen MR) is 87.2 cm³/mol. The molecule has 2 amide bonds. The van der Waals surface area contributed by atoms with Crippen molar-refractivity contribution >= 4 is 11.8 Å². The van der Waals surface area contributed by atoms with Crippen LogP contribution in [0.5, 0.6) is 0 Å². The van der Waals surface area contributed by atoms with Gasteiger partial charge in [0.2, 0.25) is 11.8 Å². The van der Waals surface area contributed by atoms with E-state index in [1.54, 1.807) is 0 Å². The number of carbonyl (C=O) groups excluding carboxylic acids is 2. The molecule has 5 nitrogen and oxygen atoms in total. The van der Waals surface area contributed by atoms with Crippen LogP contribution in [-0.4, -0.2) is 42.4 Å². The average Bonchev–Trinajstić information content (AvgIpc) is 2.49. The fourth-order valence-corrected chi connectivity index (χ4v) is 3.90. The van der Waals surface area contributed by atoms with Gasteiger partial charge in [-0.05, 0) is 24.7 Å². The minimum absolute atomic E-state index is 0.200. The van der Waals surface area contributed by atoms with Crippen molar-refractivity contribution in [2.45, 2.75) is 64.3 Å². The van der Waals surface area contributed by atoms with Gasteiger partial charge in [0.05, 0.1) is 6.54 Å². The number of amides is 2. The summed E-state index contributed by atoms with van der Waals surface area (Å²) in [6.07, 6.45) is 9.09. The Bertz CT molecular complexity index is 372. The number of nitrogens with zero attached hydrogens (tertiary/aromatic N) is 1. The Morgan fingerprint density at radius 2 is 1.77 bits per heavy atom. The van der Waals surface area contributed by atoms with Crippen molar-refractivity contribution in [1.82, 2.24) is 10.2 Å². The second kappa shape index (κ2) is 8.51. The van der Waals surface area contributed by atoms with Crippen molar-refractivity contribution < 1.29 is 9.59 Å². The smallest absolute Gasteiger partial charge is 0.231 e. The van der Waals surface area contributed by atoms with Gasteiger partial charge in [0.1, 0.15) is 0 Å². The van der Waals surface area contributed by atoms with Gasteiger partial charge >= 0.3 is 0 Å². The Morgan fingerprint density at radius 3 is 2.36 bits per heavy atom. The van der Waals surface area contributed by atoms with Crippen molar-refractivity contribution in [1.29, 1.82) is 0 Å². The minimum Gasteiger partial charge on any atom is -0.369 e. The van der Waals surface area contributed by atoms with E-state index in [4.69, 9.17) is 5.73 Å². The summed E-state index contributed by atoms with van der Waals surface area (Å²) in [5.74, 6) is 1.15. The van der Waals surface area contributed by atoms with Gasteiger partial charge in [-0.3, -0.25) is 14.5 Å². The molecule has 0 aromatic heterocycles. The zero-order chi connectivity index (χ0) is 15.9. The van der Waals surface area contributed by atoms with E-state index in [2.05, 4.69) is 17.1 Å². The van der Waals surface area contributed by atoms with Crippen molar-refractivity contribution in [3.8, 4) is 0 Å². The number of piperidine rings is 1. The molecule has 1 atom stereocenters. The molecule has 2 fully saturated rings. The van der Waals surface area contributed by atoms with E-state index in [9.17, 15) is 9.59 Å². The van der Waals surface area contributed by atoms with E-state index in [1.165, 1.54) is 32.1 Å². The highest BCUT2D eigenvalue weighted by Gasteiger charge is 2.25. The number of nitrogens with one attached hydrogen (secondary N) is 1. The quantitative estimate of drug-likeness (QED) is 0.783. The number of rotatable bonds is 6. The van der Waals surface area contributed by atoms with Gasteiger partial charge in [-0.1, -0.05) is 39.0 Å².